The monoisotopic (exact) mass is 256 g/mol. The zero-order valence-electron chi connectivity index (χ0n) is 10.1. The second-order valence-corrected chi connectivity index (χ2v) is 3.97. The first-order chi connectivity index (χ1) is 9.33. The number of hydrogen-bond donors (Lipinski definition) is 2. The molecule has 0 aliphatic carbocycles. The second kappa shape index (κ2) is 4.89. The summed E-state index contributed by atoms with van der Waals surface area (Å²) >= 11 is 0. The lowest BCUT2D eigenvalue weighted by Crippen LogP contribution is -2.05. The van der Waals surface area contributed by atoms with Gasteiger partial charge in [-0.3, -0.25) is 0 Å². The van der Waals surface area contributed by atoms with Crippen molar-refractivity contribution in [3.8, 4) is 5.88 Å². The summed E-state index contributed by atoms with van der Waals surface area (Å²) in [6.45, 7) is 0.489. The van der Waals surface area contributed by atoms with E-state index in [0.717, 1.165) is 6.42 Å². The van der Waals surface area contributed by atoms with Gasteiger partial charge in [-0.15, -0.1) is 10.2 Å². The lowest BCUT2D eigenvalue weighted by atomic mass is 10.2. The molecule has 3 aromatic rings. The molecule has 0 bridgehead atoms. The Labute approximate surface area is 108 Å². The Morgan fingerprint density at radius 3 is 2.79 bits per heavy atom. The standard InChI is InChI=1S/C12H12N6O/c13-12-14-10-9(16-18-17-10)11(15-12)19-7-6-8-4-2-1-3-5-8/h1-5H,6-7H2,(H3,13,14,15,16,17,18). The first-order valence-electron chi connectivity index (χ1n) is 5.83. The van der Waals surface area contributed by atoms with Crippen LogP contribution in [0.15, 0.2) is 30.3 Å². The van der Waals surface area contributed by atoms with E-state index in [9.17, 15) is 0 Å². The van der Waals surface area contributed by atoms with Gasteiger partial charge in [-0.25, -0.2) is 0 Å². The summed E-state index contributed by atoms with van der Waals surface area (Å²) in [6.07, 6.45) is 0.782. The summed E-state index contributed by atoms with van der Waals surface area (Å²) < 4.78 is 5.61. The number of nitrogens with one attached hydrogen (secondary N) is 1. The highest BCUT2D eigenvalue weighted by Gasteiger charge is 2.11. The number of nitrogen functional groups attached to an aromatic ring is 1. The maximum atomic E-state index is 5.61. The Morgan fingerprint density at radius 2 is 1.95 bits per heavy atom. The molecule has 0 spiro atoms. The molecule has 96 valence electrons. The zero-order valence-corrected chi connectivity index (χ0v) is 10.1. The van der Waals surface area contributed by atoms with Gasteiger partial charge in [0.2, 0.25) is 17.5 Å². The van der Waals surface area contributed by atoms with Crippen LogP contribution in [0.4, 0.5) is 5.95 Å². The van der Waals surface area contributed by atoms with Crippen molar-refractivity contribution in [2.45, 2.75) is 6.42 Å². The number of H-pyrrole nitrogens is 1. The molecule has 3 rings (SSSR count). The van der Waals surface area contributed by atoms with E-state index in [1.54, 1.807) is 0 Å². The summed E-state index contributed by atoms with van der Waals surface area (Å²) in [7, 11) is 0. The van der Waals surface area contributed by atoms with Crippen LogP contribution in [-0.2, 0) is 6.42 Å². The van der Waals surface area contributed by atoms with E-state index in [1.165, 1.54) is 5.56 Å². The van der Waals surface area contributed by atoms with Gasteiger partial charge in [0.15, 0.2) is 5.52 Å². The summed E-state index contributed by atoms with van der Waals surface area (Å²) in [6, 6.07) is 10.1. The second-order valence-electron chi connectivity index (χ2n) is 3.97. The molecule has 19 heavy (non-hydrogen) atoms. The minimum atomic E-state index is 0.121. The molecule has 0 radical (unpaired) electrons. The molecule has 0 unspecified atom stereocenters. The van der Waals surface area contributed by atoms with Crippen LogP contribution in [0.3, 0.4) is 0 Å². The third kappa shape index (κ3) is 2.44. The van der Waals surface area contributed by atoms with Gasteiger partial charge < -0.3 is 10.5 Å². The fourth-order valence-electron chi connectivity index (χ4n) is 1.75. The van der Waals surface area contributed by atoms with E-state index >= 15 is 0 Å². The van der Waals surface area contributed by atoms with Gasteiger partial charge in [0.1, 0.15) is 0 Å². The number of ether oxygens (including phenoxy) is 1. The number of aromatic nitrogens is 5. The van der Waals surface area contributed by atoms with E-state index in [2.05, 4.69) is 25.4 Å². The maximum absolute atomic E-state index is 5.61. The lowest BCUT2D eigenvalue weighted by molar-refractivity contribution is 0.313. The van der Waals surface area contributed by atoms with Gasteiger partial charge in [0.25, 0.3) is 0 Å². The molecule has 7 nitrogen and oxygen atoms in total. The third-order valence-electron chi connectivity index (χ3n) is 2.64. The average Bonchev–Trinajstić information content (AvgIpc) is 2.88. The number of hydrogen-bond acceptors (Lipinski definition) is 6. The van der Waals surface area contributed by atoms with Crippen molar-refractivity contribution in [1.82, 2.24) is 25.4 Å². The number of nitrogens with two attached hydrogens (primary N) is 1. The number of fused-ring (bicyclic) bond motifs is 1. The highest BCUT2D eigenvalue weighted by Crippen LogP contribution is 2.18. The molecule has 0 aliphatic heterocycles. The van der Waals surface area contributed by atoms with Crippen molar-refractivity contribution in [2.75, 3.05) is 12.3 Å². The lowest BCUT2D eigenvalue weighted by Gasteiger charge is -2.05. The van der Waals surface area contributed by atoms with E-state index < -0.39 is 0 Å². The molecule has 0 aliphatic rings. The molecule has 2 heterocycles. The summed E-state index contributed by atoms with van der Waals surface area (Å²) in [5.74, 6) is 0.475. The molecule has 0 saturated carbocycles. The SMILES string of the molecule is Nc1nc(OCCc2ccccc2)c2n[nH]nc2n1. The quantitative estimate of drug-likeness (QED) is 0.720. The van der Waals surface area contributed by atoms with Crippen molar-refractivity contribution in [3.63, 3.8) is 0 Å². The van der Waals surface area contributed by atoms with Gasteiger partial charge in [-0.2, -0.15) is 15.2 Å². The highest BCUT2D eigenvalue weighted by molar-refractivity contribution is 5.75. The maximum Gasteiger partial charge on any atom is 0.249 e. The van der Waals surface area contributed by atoms with Crippen molar-refractivity contribution in [3.05, 3.63) is 35.9 Å². The Kier molecular flexibility index (Phi) is 2.93. The Morgan fingerprint density at radius 1 is 1.11 bits per heavy atom. The van der Waals surface area contributed by atoms with Crippen LogP contribution in [-0.4, -0.2) is 32.0 Å². The van der Waals surface area contributed by atoms with Crippen molar-refractivity contribution in [2.24, 2.45) is 0 Å². The summed E-state index contributed by atoms with van der Waals surface area (Å²) in [4.78, 5) is 7.97. The van der Waals surface area contributed by atoms with Gasteiger partial charge in [0, 0.05) is 6.42 Å². The van der Waals surface area contributed by atoms with E-state index in [1.807, 2.05) is 30.3 Å². The Bertz CT molecular complexity index is 681. The predicted octanol–water partition coefficient (Wildman–Crippen LogP) is 0.952. The molecular formula is C12H12N6O. The first kappa shape index (κ1) is 11.4. The van der Waals surface area contributed by atoms with Crippen LogP contribution >= 0.6 is 0 Å². The average molecular weight is 256 g/mol. The molecule has 1 aromatic carbocycles. The number of benzene rings is 1. The van der Waals surface area contributed by atoms with Crippen LogP contribution in [0.5, 0.6) is 5.88 Å². The predicted molar refractivity (Wildman–Crippen MR) is 69.5 cm³/mol. The highest BCUT2D eigenvalue weighted by atomic mass is 16.5. The van der Waals surface area contributed by atoms with Crippen LogP contribution < -0.4 is 10.5 Å². The number of anilines is 1. The fraction of sp³-hybridized carbons (Fsp3) is 0.167. The smallest absolute Gasteiger partial charge is 0.249 e. The van der Waals surface area contributed by atoms with Crippen molar-refractivity contribution in [1.29, 1.82) is 0 Å². The molecule has 7 heteroatoms. The van der Waals surface area contributed by atoms with Crippen molar-refractivity contribution < 1.29 is 4.74 Å². The topological polar surface area (TPSA) is 103 Å². The number of aromatic amines is 1. The van der Waals surface area contributed by atoms with Gasteiger partial charge in [-0.1, -0.05) is 30.3 Å². The Balaban J connectivity index is 1.73. The molecule has 0 amide bonds. The fourth-order valence-corrected chi connectivity index (χ4v) is 1.75. The van der Waals surface area contributed by atoms with E-state index in [0.29, 0.717) is 23.7 Å². The van der Waals surface area contributed by atoms with Crippen molar-refractivity contribution >= 4 is 17.1 Å². The van der Waals surface area contributed by atoms with Crippen LogP contribution in [0, 0.1) is 0 Å². The minimum absolute atomic E-state index is 0.121. The minimum Gasteiger partial charge on any atom is -0.476 e. The van der Waals surface area contributed by atoms with Crippen LogP contribution in [0.2, 0.25) is 0 Å². The van der Waals surface area contributed by atoms with Crippen LogP contribution in [0.25, 0.3) is 11.2 Å². The molecule has 0 atom stereocenters. The molecular weight excluding hydrogens is 244 g/mol. The first-order valence-corrected chi connectivity index (χ1v) is 5.83. The summed E-state index contributed by atoms with van der Waals surface area (Å²) in [5, 5.41) is 10.3. The number of nitrogens with zero attached hydrogens (tertiary/aromatic N) is 4. The Hall–Kier alpha value is -2.70. The van der Waals surface area contributed by atoms with E-state index in [4.69, 9.17) is 10.5 Å². The normalized spacial score (nSPS) is 10.7. The summed E-state index contributed by atoms with van der Waals surface area (Å²) in [5.41, 5.74) is 7.67. The van der Waals surface area contributed by atoms with Gasteiger partial charge in [-0.05, 0) is 5.56 Å². The molecule has 2 aromatic heterocycles. The van der Waals surface area contributed by atoms with E-state index in [-0.39, 0.29) is 5.95 Å². The van der Waals surface area contributed by atoms with Gasteiger partial charge in [0.05, 0.1) is 6.61 Å². The third-order valence-corrected chi connectivity index (χ3v) is 2.64. The number of rotatable bonds is 4. The largest absolute Gasteiger partial charge is 0.476 e. The van der Waals surface area contributed by atoms with Crippen LogP contribution in [0.1, 0.15) is 5.56 Å². The molecule has 3 N–H and O–H groups in total. The van der Waals surface area contributed by atoms with Gasteiger partial charge >= 0.3 is 0 Å². The molecule has 0 saturated heterocycles. The molecule has 0 fully saturated rings. The zero-order chi connectivity index (χ0) is 13.1.